The van der Waals surface area contributed by atoms with Gasteiger partial charge < -0.3 is 15.4 Å². The van der Waals surface area contributed by atoms with E-state index >= 15 is 0 Å². The Morgan fingerprint density at radius 2 is 1.89 bits per heavy atom. The quantitative estimate of drug-likeness (QED) is 0.741. The second-order valence-electron chi connectivity index (χ2n) is 6.85. The monoisotopic (exact) mass is 381 g/mol. The standard InChI is InChI=1S/C18H21F2N3O4/c1-11(12-4-6-13(7-5-12)27-16(19)20)21-14(24)10-23-15(25)18(22-17(23)26)8-2-3-9-18/h4-7,11,16H,2-3,8-10H2,1H3,(H,21,24)(H,22,26)/t11-/m1/s1. The van der Waals surface area contributed by atoms with Gasteiger partial charge in [0.25, 0.3) is 5.91 Å². The summed E-state index contributed by atoms with van der Waals surface area (Å²) in [5, 5.41) is 5.43. The molecule has 0 bridgehead atoms. The minimum absolute atomic E-state index is 0.0217. The van der Waals surface area contributed by atoms with Gasteiger partial charge in [-0.05, 0) is 37.5 Å². The highest BCUT2D eigenvalue weighted by molar-refractivity contribution is 6.09. The number of alkyl halides is 2. The number of carbonyl (C=O) groups excluding carboxylic acids is 3. The molecule has 2 fully saturated rings. The molecule has 3 rings (SSSR count). The van der Waals surface area contributed by atoms with E-state index in [0.29, 0.717) is 18.4 Å². The molecule has 1 spiro atoms. The van der Waals surface area contributed by atoms with E-state index in [-0.39, 0.29) is 18.2 Å². The van der Waals surface area contributed by atoms with Crippen LogP contribution in [0.5, 0.6) is 5.75 Å². The van der Waals surface area contributed by atoms with Crippen LogP contribution in [0.3, 0.4) is 0 Å². The summed E-state index contributed by atoms with van der Waals surface area (Å²) in [7, 11) is 0. The maximum atomic E-state index is 12.5. The first kappa shape index (κ1) is 19.1. The van der Waals surface area contributed by atoms with E-state index in [1.807, 2.05) is 0 Å². The lowest BCUT2D eigenvalue weighted by Gasteiger charge is -2.20. The van der Waals surface area contributed by atoms with Crippen molar-refractivity contribution in [3.05, 3.63) is 29.8 Å². The first-order valence-electron chi connectivity index (χ1n) is 8.79. The highest BCUT2D eigenvalue weighted by atomic mass is 19.3. The molecule has 1 aliphatic carbocycles. The van der Waals surface area contributed by atoms with Gasteiger partial charge in [0.15, 0.2) is 0 Å². The third kappa shape index (κ3) is 4.01. The van der Waals surface area contributed by atoms with Crippen LogP contribution in [0.25, 0.3) is 0 Å². The molecule has 27 heavy (non-hydrogen) atoms. The summed E-state index contributed by atoms with van der Waals surface area (Å²) in [5.41, 5.74) is -0.168. The Hall–Kier alpha value is -2.71. The van der Waals surface area contributed by atoms with Crippen LogP contribution in [-0.2, 0) is 9.59 Å². The van der Waals surface area contributed by atoms with Crippen LogP contribution in [-0.4, -0.2) is 41.4 Å². The van der Waals surface area contributed by atoms with Crippen LogP contribution in [0.4, 0.5) is 13.6 Å². The van der Waals surface area contributed by atoms with Crippen molar-refractivity contribution in [1.82, 2.24) is 15.5 Å². The fourth-order valence-electron chi connectivity index (χ4n) is 3.59. The second-order valence-corrected chi connectivity index (χ2v) is 6.85. The summed E-state index contributed by atoms with van der Waals surface area (Å²) in [5.74, 6) is -0.802. The minimum Gasteiger partial charge on any atom is -0.435 e. The van der Waals surface area contributed by atoms with Crippen molar-refractivity contribution in [2.75, 3.05) is 6.54 Å². The maximum absolute atomic E-state index is 12.5. The SMILES string of the molecule is C[C@@H](NC(=O)CN1C(=O)NC2(CCCC2)C1=O)c1ccc(OC(F)F)cc1. The van der Waals surface area contributed by atoms with Crippen LogP contribution in [0.2, 0.25) is 0 Å². The van der Waals surface area contributed by atoms with Crippen molar-refractivity contribution in [1.29, 1.82) is 0 Å². The van der Waals surface area contributed by atoms with Gasteiger partial charge in [0, 0.05) is 0 Å². The van der Waals surface area contributed by atoms with Crippen molar-refractivity contribution >= 4 is 17.8 Å². The predicted octanol–water partition coefficient (Wildman–Crippen LogP) is 2.33. The molecule has 7 nitrogen and oxygen atoms in total. The topological polar surface area (TPSA) is 87.7 Å². The fourth-order valence-corrected chi connectivity index (χ4v) is 3.59. The van der Waals surface area contributed by atoms with Crippen LogP contribution in [0.1, 0.15) is 44.2 Å². The smallest absolute Gasteiger partial charge is 0.387 e. The summed E-state index contributed by atoms with van der Waals surface area (Å²) in [6, 6.07) is 4.91. The predicted molar refractivity (Wildman–Crippen MR) is 91.1 cm³/mol. The lowest BCUT2D eigenvalue weighted by Crippen LogP contribution is -2.45. The number of nitrogens with zero attached hydrogens (tertiary/aromatic N) is 1. The van der Waals surface area contributed by atoms with Gasteiger partial charge in [0.05, 0.1) is 6.04 Å². The zero-order valence-corrected chi connectivity index (χ0v) is 14.8. The number of imide groups is 1. The fraction of sp³-hybridized carbons (Fsp3) is 0.500. The molecule has 9 heteroatoms. The molecule has 0 radical (unpaired) electrons. The van der Waals surface area contributed by atoms with Gasteiger partial charge in [-0.3, -0.25) is 14.5 Å². The molecule has 2 N–H and O–H groups in total. The Morgan fingerprint density at radius 3 is 2.48 bits per heavy atom. The number of ether oxygens (including phenoxy) is 1. The van der Waals surface area contributed by atoms with Gasteiger partial charge in [0.1, 0.15) is 17.8 Å². The Morgan fingerprint density at radius 1 is 1.26 bits per heavy atom. The zero-order chi connectivity index (χ0) is 19.6. The molecule has 1 aromatic carbocycles. The van der Waals surface area contributed by atoms with E-state index in [2.05, 4.69) is 15.4 Å². The van der Waals surface area contributed by atoms with E-state index in [1.54, 1.807) is 19.1 Å². The molecular weight excluding hydrogens is 360 g/mol. The molecule has 146 valence electrons. The highest BCUT2D eigenvalue weighted by Gasteiger charge is 2.52. The van der Waals surface area contributed by atoms with E-state index in [9.17, 15) is 23.2 Å². The second kappa shape index (κ2) is 7.50. The lowest BCUT2D eigenvalue weighted by atomic mass is 9.98. The first-order valence-corrected chi connectivity index (χ1v) is 8.79. The molecule has 2 aliphatic rings. The van der Waals surface area contributed by atoms with Crippen molar-refractivity contribution in [2.45, 2.75) is 50.8 Å². The summed E-state index contributed by atoms with van der Waals surface area (Å²) in [6.45, 7) is -1.55. The molecule has 1 saturated carbocycles. The van der Waals surface area contributed by atoms with Gasteiger partial charge in [-0.1, -0.05) is 25.0 Å². The van der Waals surface area contributed by atoms with Gasteiger partial charge >= 0.3 is 12.6 Å². The number of hydrogen-bond donors (Lipinski definition) is 2. The van der Waals surface area contributed by atoms with Gasteiger partial charge in [-0.2, -0.15) is 8.78 Å². The summed E-state index contributed by atoms with van der Waals surface area (Å²) < 4.78 is 28.6. The van der Waals surface area contributed by atoms with Crippen LogP contribution in [0.15, 0.2) is 24.3 Å². The summed E-state index contributed by atoms with van der Waals surface area (Å²) >= 11 is 0. The number of carbonyl (C=O) groups is 3. The number of rotatable bonds is 6. The molecule has 1 aromatic rings. The molecule has 1 aliphatic heterocycles. The highest BCUT2D eigenvalue weighted by Crippen LogP contribution is 2.34. The van der Waals surface area contributed by atoms with Crippen molar-refractivity contribution in [2.24, 2.45) is 0 Å². The van der Waals surface area contributed by atoms with E-state index in [0.717, 1.165) is 17.7 Å². The van der Waals surface area contributed by atoms with Crippen molar-refractivity contribution in [3.63, 3.8) is 0 Å². The summed E-state index contributed by atoms with van der Waals surface area (Å²) in [6.07, 6.45) is 2.93. The Kier molecular flexibility index (Phi) is 5.29. The van der Waals surface area contributed by atoms with Gasteiger partial charge in [-0.25, -0.2) is 4.79 Å². The minimum atomic E-state index is -2.90. The average Bonchev–Trinajstić information content (AvgIpc) is 3.16. The summed E-state index contributed by atoms with van der Waals surface area (Å²) in [4.78, 5) is 37.9. The number of amides is 4. The molecule has 1 heterocycles. The normalized spacial score (nSPS) is 19.5. The Labute approximate surface area is 155 Å². The van der Waals surface area contributed by atoms with Crippen LogP contribution in [0, 0.1) is 0 Å². The average molecular weight is 381 g/mol. The van der Waals surface area contributed by atoms with Crippen molar-refractivity contribution in [3.8, 4) is 5.75 Å². The van der Waals surface area contributed by atoms with Gasteiger partial charge in [-0.15, -0.1) is 0 Å². The molecule has 1 atom stereocenters. The van der Waals surface area contributed by atoms with E-state index in [1.165, 1.54) is 12.1 Å². The maximum Gasteiger partial charge on any atom is 0.387 e. The van der Waals surface area contributed by atoms with Crippen LogP contribution < -0.4 is 15.4 Å². The number of halogens is 2. The molecule has 0 unspecified atom stereocenters. The van der Waals surface area contributed by atoms with E-state index < -0.39 is 30.1 Å². The number of benzene rings is 1. The third-order valence-corrected chi connectivity index (χ3v) is 4.99. The molecule has 4 amide bonds. The third-order valence-electron chi connectivity index (χ3n) is 4.99. The number of urea groups is 1. The molecular formula is C18H21F2N3O4. The molecule has 1 saturated heterocycles. The Bertz CT molecular complexity index is 733. The number of hydrogen-bond acceptors (Lipinski definition) is 4. The van der Waals surface area contributed by atoms with Crippen molar-refractivity contribution < 1.29 is 27.9 Å². The number of nitrogens with one attached hydrogen (secondary N) is 2. The lowest BCUT2D eigenvalue weighted by molar-refractivity contribution is -0.135. The van der Waals surface area contributed by atoms with Crippen LogP contribution >= 0.6 is 0 Å². The van der Waals surface area contributed by atoms with E-state index in [4.69, 9.17) is 0 Å². The zero-order valence-electron chi connectivity index (χ0n) is 14.8. The largest absolute Gasteiger partial charge is 0.435 e. The Balaban J connectivity index is 1.57. The molecule has 0 aromatic heterocycles. The first-order chi connectivity index (χ1) is 12.8. The van der Waals surface area contributed by atoms with Gasteiger partial charge in [0.2, 0.25) is 5.91 Å².